The van der Waals surface area contributed by atoms with Crippen LogP contribution in [0.3, 0.4) is 0 Å². The van der Waals surface area contributed by atoms with Crippen LogP contribution in [0.15, 0.2) is 51.8 Å². The molecule has 0 atom stereocenters. The zero-order valence-corrected chi connectivity index (χ0v) is 24.1. The van der Waals surface area contributed by atoms with Crippen LogP contribution in [-0.2, 0) is 10.0 Å². The van der Waals surface area contributed by atoms with Gasteiger partial charge in [0.15, 0.2) is 0 Å². The van der Waals surface area contributed by atoms with E-state index in [9.17, 15) is 8.42 Å². The Morgan fingerprint density at radius 3 is 2.38 bits per heavy atom. The summed E-state index contributed by atoms with van der Waals surface area (Å²) < 4.78 is 35.3. The van der Waals surface area contributed by atoms with Gasteiger partial charge in [0.2, 0.25) is 21.8 Å². The van der Waals surface area contributed by atoms with Crippen molar-refractivity contribution in [2.45, 2.75) is 62.3 Å². The topological polar surface area (TPSA) is 120 Å². The molecule has 0 radical (unpaired) electrons. The summed E-state index contributed by atoms with van der Waals surface area (Å²) in [5.74, 6) is 2.41. The van der Waals surface area contributed by atoms with Gasteiger partial charge in [-0.05, 0) is 75.2 Å². The van der Waals surface area contributed by atoms with Crippen molar-refractivity contribution in [1.29, 1.82) is 0 Å². The van der Waals surface area contributed by atoms with Crippen molar-refractivity contribution in [2.24, 2.45) is 0 Å². The quantitative estimate of drug-likeness (QED) is 0.337. The minimum Gasteiger partial charge on any atom is -0.425 e. The summed E-state index contributed by atoms with van der Waals surface area (Å²) in [5.41, 5.74) is 3.61. The number of hydrogen-bond donors (Lipinski definition) is 2. The van der Waals surface area contributed by atoms with E-state index >= 15 is 0 Å². The van der Waals surface area contributed by atoms with Gasteiger partial charge in [-0.25, -0.2) is 18.1 Å². The van der Waals surface area contributed by atoms with E-state index in [2.05, 4.69) is 61.0 Å². The maximum atomic E-state index is 13.3. The molecule has 212 valence electrons. The monoisotopic (exact) mass is 563 g/mol. The number of nitrogens with zero attached hydrogens (tertiary/aromatic N) is 5. The summed E-state index contributed by atoms with van der Waals surface area (Å²) in [5, 5.41) is 8.36. The molecule has 1 saturated heterocycles. The third kappa shape index (κ3) is 5.63. The lowest BCUT2D eigenvalue weighted by molar-refractivity contribution is 0.313. The molecule has 1 aliphatic carbocycles. The van der Waals surface area contributed by atoms with Gasteiger partial charge in [0.05, 0.1) is 15.9 Å². The Bertz CT molecular complexity index is 1560. The standard InChI is InChI=1S/C29H37N7O3S/c1-19(2)28-32-33-29(39-28)21-4-8-22(9-5-21)34-40(37,38)24-12-13-25-26(18-24)31-27(30-25)20-6-10-23(11-7-20)36-16-14-35(3)15-17-36/h6-7,10-13,18-19,21-22,34H,4-5,8-9,14-17H2,1-3H3,(H,30,31)/t21-,22-. The number of sulfonamides is 1. The van der Waals surface area contributed by atoms with Crippen LogP contribution in [0, 0.1) is 0 Å². The smallest absolute Gasteiger partial charge is 0.240 e. The second-order valence-electron chi connectivity index (χ2n) is 11.4. The number of aromatic amines is 1. The van der Waals surface area contributed by atoms with Crippen LogP contribution in [0.2, 0.25) is 0 Å². The molecule has 2 N–H and O–H groups in total. The highest BCUT2D eigenvalue weighted by molar-refractivity contribution is 7.89. The van der Waals surface area contributed by atoms with Crippen LogP contribution in [0.1, 0.15) is 63.1 Å². The Labute approximate surface area is 235 Å². The van der Waals surface area contributed by atoms with Crippen LogP contribution >= 0.6 is 0 Å². The predicted molar refractivity (Wildman–Crippen MR) is 155 cm³/mol. The highest BCUT2D eigenvalue weighted by atomic mass is 32.2. The second kappa shape index (κ2) is 10.9. The number of nitrogens with one attached hydrogen (secondary N) is 2. The van der Waals surface area contributed by atoms with Gasteiger partial charge in [0.25, 0.3) is 0 Å². The third-order valence-electron chi connectivity index (χ3n) is 8.12. The van der Waals surface area contributed by atoms with Gasteiger partial charge >= 0.3 is 0 Å². The SMILES string of the molecule is CC(C)c1nnc([C@H]2CC[C@H](NS(=O)(=O)c3ccc4[nH]c(-c5ccc(N6CCN(C)CC6)cc5)nc4c3)CC2)o1. The fourth-order valence-electron chi connectivity index (χ4n) is 5.57. The molecule has 1 aliphatic heterocycles. The average Bonchev–Trinajstić information content (AvgIpc) is 3.62. The molecule has 0 unspecified atom stereocenters. The number of aromatic nitrogens is 4. The molecule has 3 heterocycles. The van der Waals surface area contributed by atoms with Gasteiger partial charge < -0.3 is 19.2 Å². The molecule has 2 aromatic carbocycles. The van der Waals surface area contributed by atoms with Crippen molar-refractivity contribution in [3.8, 4) is 11.4 Å². The normalized spacial score (nSPS) is 20.9. The van der Waals surface area contributed by atoms with Gasteiger partial charge in [0.1, 0.15) is 5.82 Å². The lowest BCUT2D eigenvalue weighted by atomic mass is 9.86. The van der Waals surface area contributed by atoms with Gasteiger partial charge in [-0.3, -0.25) is 0 Å². The van der Waals surface area contributed by atoms with Crippen LogP contribution in [-0.4, -0.2) is 72.8 Å². The number of fused-ring (bicyclic) bond motifs is 1. The Balaban J connectivity index is 1.11. The largest absolute Gasteiger partial charge is 0.425 e. The van der Waals surface area contributed by atoms with Crippen LogP contribution < -0.4 is 9.62 Å². The Morgan fingerprint density at radius 2 is 1.70 bits per heavy atom. The van der Waals surface area contributed by atoms with Gasteiger partial charge in [-0.1, -0.05) is 13.8 Å². The zero-order chi connectivity index (χ0) is 27.9. The summed E-state index contributed by atoms with van der Waals surface area (Å²) in [4.78, 5) is 13.0. The van der Waals surface area contributed by atoms with Gasteiger partial charge in [-0.2, -0.15) is 0 Å². The molecule has 0 bridgehead atoms. The first-order valence-electron chi connectivity index (χ1n) is 14.1. The molecule has 1 saturated carbocycles. The molecule has 2 fully saturated rings. The van der Waals surface area contributed by atoms with Crippen molar-refractivity contribution >= 4 is 26.7 Å². The average molecular weight is 564 g/mol. The third-order valence-corrected chi connectivity index (χ3v) is 9.64. The molecule has 0 spiro atoms. The summed E-state index contributed by atoms with van der Waals surface area (Å²) >= 11 is 0. The molecule has 2 aliphatic rings. The first-order chi connectivity index (χ1) is 19.2. The number of benzene rings is 2. The van der Waals surface area contributed by atoms with Crippen molar-refractivity contribution in [1.82, 2.24) is 29.8 Å². The van der Waals surface area contributed by atoms with E-state index in [0.717, 1.165) is 68.8 Å². The van der Waals surface area contributed by atoms with E-state index in [1.165, 1.54) is 5.69 Å². The molecule has 0 amide bonds. The minimum absolute atomic E-state index is 0.127. The van der Waals surface area contributed by atoms with Crippen molar-refractivity contribution in [3.05, 3.63) is 54.2 Å². The molecular weight excluding hydrogens is 526 g/mol. The van der Waals surface area contributed by atoms with Gasteiger partial charge in [-0.15, -0.1) is 10.2 Å². The molecular formula is C29H37N7O3S. The highest BCUT2D eigenvalue weighted by Crippen LogP contribution is 2.34. The zero-order valence-electron chi connectivity index (χ0n) is 23.3. The summed E-state index contributed by atoms with van der Waals surface area (Å²) in [7, 11) is -1.53. The number of piperazine rings is 1. The predicted octanol–water partition coefficient (Wildman–Crippen LogP) is 4.49. The number of likely N-dealkylation sites (N-methyl/N-ethyl adjacent to an activating group) is 1. The lowest BCUT2D eigenvalue weighted by Gasteiger charge is -2.34. The maximum absolute atomic E-state index is 13.3. The lowest BCUT2D eigenvalue weighted by Crippen LogP contribution is -2.44. The number of hydrogen-bond acceptors (Lipinski definition) is 8. The molecule has 40 heavy (non-hydrogen) atoms. The summed E-state index contributed by atoms with van der Waals surface area (Å²) in [6.07, 6.45) is 3.06. The van der Waals surface area contributed by atoms with Crippen molar-refractivity contribution in [3.63, 3.8) is 0 Å². The van der Waals surface area contributed by atoms with Crippen LogP contribution in [0.4, 0.5) is 5.69 Å². The van der Waals surface area contributed by atoms with Crippen molar-refractivity contribution < 1.29 is 12.8 Å². The van der Waals surface area contributed by atoms with E-state index in [1.54, 1.807) is 18.2 Å². The molecule has 10 nitrogen and oxygen atoms in total. The number of H-pyrrole nitrogens is 1. The van der Waals surface area contributed by atoms with E-state index in [1.807, 2.05) is 13.8 Å². The van der Waals surface area contributed by atoms with Crippen LogP contribution in [0.25, 0.3) is 22.4 Å². The maximum Gasteiger partial charge on any atom is 0.240 e. The van der Waals surface area contributed by atoms with E-state index < -0.39 is 10.0 Å². The van der Waals surface area contributed by atoms with Gasteiger partial charge in [0, 0.05) is 55.3 Å². The molecule has 6 rings (SSSR count). The second-order valence-corrected chi connectivity index (χ2v) is 13.1. The minimum atomic E-state index is -3.68. The number of anilines is 1. The van der Waals surface area contributed by atoms with Crippen molar-refractivity contribution in [2.75, 3.05) is 38.1 Å². The highest BCUT2D eigenvalue weighted by Gasteiger charge is 2.29. The summed E-state index contributed by atoms with van der Waals surface area (Å²) in [6, 6.07) is 13.3. The molecule has 11 heteroatoms. The number of imidazole rings is 1. The van der Waals surface area contributed by atoms with E-state index in [0.29, 0.717) is 17.3 Å². The first-order valence-corrected chi connectivity index (χ1v) is 15.6. The first kappa shape index (κ1) is 26.9. The number of rotatable bonds is 7. The fourth-order valence-corrected chi connectivity index (χ4v) is 6.90. The Hall–Kier alpha value is -3.28. The molecule has 2 aromatic heterocycles. The molecule has 4 aromatic rings. The van der Waals surface area contributed by atoms with E-state index in [4.69, 9.17) is 9.40 Å². The Morgan fingerprint density at radius 1 is 0.975 bits per heavy atom. The van der Waals surface area contributed by atoms with Crippen LogP contribution in [0.5, 0.6) is 0 Å². The Kier molecular flexibility index (Phi) is 7.37. The fraction of sp³-hybridized carbons (Fsp3) is 0.483. The van der Waals surface area contributed by atoms with E-state index in [-0.39, 0.29) is 22.8 Å². The summed E-state index contributed by atoms with van der Waals surface area (Å²) in [6.45, 7) is 8.21.